The van der Waals surface area contributed by atoms with E-state index in [1.54, 1.807) is 6.07 Å². The molecule has 3 N–H and O–H groups in total. The zero-order valence-electron chi connectivity index (χ0n) is 9.35. The van der Waals surface area contributed by atoms with Crippen molar-refractivity contribution in [1.29, 1.82) is 0 Å². The van der Waals surface area contributed by atoms with Crippen LogP contribution in [0.2, 0.25) is 0 Å². The molecule has 1 atom stereocenters. The van der Waals surface area contributed by atoms with E-state index in [-0.39, 0.29) is 29.8 Å². The van der Waals surface area contributed by atoms with Crippen LogP contribution in [0.4, 0.5) is 0 Å². The fourth-order valence-corrected chi connectivity index (χ4v) is 2.17. The monoisotopic (exact) mass is 257 g/mol. The van der Waals surface area contributed by atoms with Crippen LogP contribution in [0.3, 0.4) is 0 Å². The molecule has 1 aromatic carbocycles. The average molecular weight is 258 g/mol. The number of benzene rings is 1. The van der Waals surface area contributed by atoms with Crippen LogP contribution < -0.4 is 5.32 Å². The predicted octanol–water partition coefficient (Wildman–Crippen LogP) is 1.81. The molecule has 1 heterocycles. The van der Waals surface area contributed by atoms with Crippen LogP contribution in [-0.2, 0) is 6.42 Å². The largest absolute Gasteiger partial charge is 0.508 e. The highest BCUT2D eigenvalue weighted by atomic mass is 35.5. The molecule has 4 nitrogen and oxygen atoms in total. The summed E-state index contributed by atoms with van der Waals surface area (Å²) in [6, 6.07) is 4.92. The van der Waals surface area contributed by atoms with Gasteiger partial charge in [-0.25, -0.2) is 4.79 Å². The summed E-state index contributed by atoms with van der Waals surface area (Å²) in [5.41, 5.74) is 0.739. The number of nitrogens with one attached hydrogen (secondary N) is 1. The Morgan fingerprint density at radius 3 is 2.82 bits per heavy atom. The van der Waals surface area contributed by atoms with Crippen LogP contribution in [0.5, 0.6) is 5.75 Å². The van der Waals surface area contributed by atoms with Crippen LogP contribution in [-0.4, -0.2) is 28.8 Å². The second kappa shape index (κ2) is 5.89. The molecular formula is C12H16ClNO3. The maximum atomic E-state index is 11.0. The third-order valence-corrected chi connectivity index (χ3v) is 2.99. The van der Waals surface area contributed by atoms with Gasteiger partial charge >= 0.3 is 5.97 Å². The zero-order valence-corrected chi connectivity index (χ0v) is 10.2. The smallest absolute Gasteiger partial charge is 0.336 e. The van der Waals surface area contributed by atoms with Gasteiger partial charge in [-0.15, -0.1) is 12.4 Å². The minimum atomic E-state index is -0.983. The molecule has 1 fully saturated rings. The summed E-state index contributed by atoms with van der Waals surface area (Å²) in [6.07, 6.45) is 2.72. The van der Waals surface area contributed by atoms with Gasteiger partial charge in [0.15, 0.2) is 0 Å². The Labute approximate surface area is 106 Å². The summed E-state index contributed by atoms with van der Waals surface area (Å²) in [4.78, 5) is 11.0. The normalized spacial score (nSPS) is 18.7. The van der Waals surface area contributed by atoms with E-state index in [1.807, 2.05) is 0 Å². The summed E-state index contributed by atoms with van der Waals surface area (Å²) < 4.78 is 0. The van der Waals surface area contributed by atoms with Gasteiger partial charge in [0.1, 0.15) is 5.75 Å². The number of hydrogen-bond donors (Lipinski definition) is 3. The predicted molar refractivity (Wildman–Crippen MR) is 67.0 cm³/mol. The fourth-order valence-electron chi connectivity index (χ4n) is 2.17. The summed E-state index contributed by atoms with van der Waals surface area (Å²) in [7, 11) is 0. The number of phenols is 1. The van der Waals surface area contributed by atoms with Gasteiger partial charge in [-0.3, -0.25) is 0 Å². The van der Waals surface area contributed by atoms with Crippen molar-refractivity contribution in [2.75, 3.05) is 6.54 Å². The van der Waals surface area contributed by atoms with Crippen LogP contribution in [0, 0.1) is 0 Å². The van der Waals surface area contributed by atoms with E-state index >= 15 is 0 Å². The average Bonchev–Trinajstić information content (AvgIpc) is 2.73. The minimum absolute atomic E-state index is 0. The molecule has 0 amide bonds. The lowest BCUT2D eigenvalue weighted by Gasteiger charge is -2.13. The lowest BCUT2D eigenvalue weighted by atomic mass is 9.98. The molecule has 5 heteroatoms. The second-order valence-electron chi connectivity index (χ2n) is 4.11. The van der Waals surface area contributed by atoms with E-state index in [9.17, 15) is 9.90 Å². The van der Waals surface area contributed by atoms with Crippen molar-refractivity contribution in [3.63, 3.8) is 0 Å². The molecule has 17 heavy (non-hydrogen) atoms. The molecule has 0 saturated carbocycles. The van der Waals surface area contributed by atoms with Crippen molar-refractivity contribution in [2.24, 2.45) is 0 Å². The molecule has 2 rings (SSSR count). The first-order valence-corrected chi connectivity index (χ1v) is 5.46. The molecular weight excluding hydrogens is 242 g/mol. The van der Waals surface area contributed by atoms with Gasteiger partial charge < -0.3 is 15.5 Å². The van der Waals surface area contributed by atoms with Crippen molar-refractivity contribution < 1.29 is 15.0 Å². The Morgan fingerprint density at radius 1 is 1.47 bits per heavy atom. The summed E-state index contributed by atoms with van der Waals surface area (Å²) >= 11 is 0. The van der Waals surface area contributed by atoms with Crippen molar-refractivity contribution in [2.45, 2.75) is 25.3 Å². The molecule has 1 aromatic rings. The molecule has 94 valence electrons. The third-order valence-electron chi connectivity index (χ3n) is 2.99. The summed E-state index contributed by atoms with van der Waals surface area (Å²) in [5.74, 6) is -0.905. The van der Waals surface area contributed by atoms with Crippen molar-refractivity contribution in [3.05, 3.63) is 29.3 Å². The first-order chi connectivity index (χ1) is 7.68. The Bertz CT molecular complexity index is 403. The maximum absolute atomic E-state index is 11.0. The standard InChI is InChI=1S/C12H15NO3.ClH/c14-11-5-1-4-9(12(15)16)10(11)7-8-3-2-6-13-8;/h1,4-5,8,13-14H,2-3,6-7H2,(H,15,16);1H. The molecule has 0 aromatic heterocycles. The van der Waals surface area contributed by atoms with E-state index in [0.29, 0.717) is 12.0 Å². The molecule has 0 bridgehead atoms. The zero-order chi connectivity index (χ0) is 11.5. The Morgan fingerprint density at radius 2 is 2.24 bits per heavy atom. The number of rotatable bonds is 3. The number of phenolic OH excluding ortho intramolecular Hbond substituents is 1. The fraction of sp³-hybridized carbons (Fsp3) is 0.417. The van der Waals surface area contributed by atoms with Crippen LogP contribution in [0.25, 0.3) is 0 Å². The van der Waals surface area contributed by atoms with E-state index < -0.39 is 5.97 Å². The highest BCUT2D eigenvalue weighted by Gasteiger charge is 2.20. The number of carboxylic acids is 1. The number of aromatic carboxylic acids is 1. The van der Waals surface area contributed by atoms with Gasteiger partial charge in [0.05, 0.1) is 5.56 Å². The molecule has 1 aliphatic heterocycles. The Hall–Kier alpha value is -1.26. The molecule has 1 aliphatic rings. The van der Waals surface area contributed by atoms with Gasteiger partial charge in [0.25, 0.3) is 0 Å². The topological polar surface area (TPSA) is 69.6 Å². The number of aromatic hydroxyl groups is 1. The first-order valence-electron chi connectivity index (χ1n) is 5.46. The van der Waals surface area contributed by atoms with E-state index in [4.69, 9.17) is 5.11 Å². The lowest BCUT2D eigenvalue weighted by molar-refractivity contribution is 0.0695. The number of carbonyl (C=O) groups is 1. The SMILES string of the molecule is Cl.O=C(O)c1cccc(O)c1CC1CCCN1. The highest BCUT2D eigenvalue weighted by molar-refractivity contribution is 5.90. The molecule has 0 spiro atoms. The lowest BCUT2D eigenvalue weighted by Crippen LogP contribution is -2.24. The van der Waals surface area contributed by atoms with Gasteiger partial charge in [-0.1, -0.05) is 6.07 Å². The van der Waals surface area contributed by atoms with Crippen molar-refractivity contribution >= 4 is 18.4 Å². The van der Waals surface area contributed by atoms with Crippen molar-refractivity contribution in [1.82, 2.24) is 5.32 Å². The molecule has 0 radical (unpaired) electrons. The minimum Gasteiger partial charge on any atom is -0.508 e. The van der Waals surface area contributed by atoms with Crippen LogP contribution in [0.15, 0.2) is 18.2 Å². The van der Waals surface area contributed by atoms with Gasteiger partial charge in [0.2, 0.25) is 0 Å². The van der Waals surface area contributed by atoms with Crippen molar-refractivity contribution in [3.8, 4) is 5.75 Å². The number of carboxylic acid groups (broad SMARTS) is 1. The quantitative estimate of drug-likeness (QED) is 0.772. The maximum Gasteiger partial charge on any atom is 0.336 e. The van der Waals surface area contributed by atoms with E-state index in [2.05, 4.69) is 5.32 Å². The molecule has 1 saturated heterocycles. The Kier molecular flexibility index (Phi) is 4.78. The number of hydrogen-bond acceptors (Lipinski definition) is 3. The highest BCUT2D eigenvalue weighted by Crippen LogP contribution is 2.24. The van der Waals surface area contributed by atoms with Gasteiger partial charge in [-0.05, 0) is 37.9 Å². The van der Waals surface area contributed by atoms with Crippen LogP contribution >= 0.6 is 12.4 Å². The molecule has 1 unspecified atom stereocenters. The van der Waals surface area contributed by atoms with Gasteiger partial charge in [-0.2, -0.15) is 0 Å². The summed E-state index contributed by atoms with van der Waals surface area (Å²) in [6.45, 7) is 0.973. The first kappa shape index (κ1) is 13.8. The second-order valence-corrected chi connectivity index (χ2v) is 4.11. The third kappa shape index (κ3) is 3.11. The van der Waals surface area contributed by atoms with E-state index in [1.165, 1.54) is 12.1 Å². The van der Waals surface area contributed by atoms with E-state index in [0.717, 1.165) is 19.4 Å². The van der Waals surface area contributed by atoms with Crippen LogP contribution in [0.1, 0.15) is 28.8 Å². The number of halogens is 1. The Balaban J connectivity index is 0.00000144. The van der Waals surface area contributed by atoms with Gasteiger partial charge in [0, 0.05) is 11.6 Å². The summed E-state index contributed by atoms with van der Waals surface area (Å²) in [5, 5.41) is 22.0. The molecule has 0 aliphatic carbocycles.